The number of pyridine rings is 1. The first-order valence-electron chi connectivity index (χ1n) is 23.4. The van der Waals surface area contributed by atoms with Crippen LogP contribution in [0.2, 0.25) is 0 Å². The Kier molecular flexibility index (Phi) is 11.0. The third kappa shape index (κ3) is 9.43. The summed E-state index contributed by atoms with van der Waals surface area (Å²) in [6, 6.07) is 1.01. The molecule has 15 nitrogen and oxygen atoms in total. The first-order valence-corrected chi connectivity index (χ1v) is 19.4. The van der Waals surface area contributed by atoms with Gasteiger partial charge >= 0.3 is 12.1 Å². The van der Waals surface area contributed by atoms with Gasteiger partial charge in [-0.3, -0.25) is 19.4 Å². The minimum Gasteiger partial charge on any atom is -0.458 e. The number of imidazole rings is 1. The Morgan fingerprint density at radius 3 is 2.46 bits per heavy atom. The zero-order chi connectivity index (χ0) is 49.0. The molecule has 5 rings (SSSR count). The van der Waals surface area contributed by atoms with E-state index in [9.17, 15) is 27.0 Å². The molecule has 3 aliphatic rings. The minimum atomic E-state index is -3.93. The normalized spacial score (nSPS) is 38.9. The summed E-state index contributed by atoms with van der Waals surface area (Å²) in [5, 5.41) is 11.4. The minimum absolute atomic E-state index is 0.119. The van der Waals surface area contributed by atoms with Crippen LogP contribution < -0.4 is 0 Å². The largest absolute Gasteiger partial charge is 0.458 e. The smallest absolute Gasteiger partial charge is 0.410 e. The molecule has 2 aromatic heterocycles. The van der Waals surface area contributed by atoms with Gasteiger partial charge in [0.1, 0.15) is 23.9 Å². The maximum Gasteiger partial charge on any atom is 0.410 e. The molecule has 3 fully saturated rings. The molecule has 0 saturated carbocycles. The first kappa shape index (κ1) is 34.1. The Labute approximate surface area is 348 Å². The van der Waals surface area contributed by atoms with Crippen LogP contribution in [0.25, 0.3) is 11.3 Å². The highest BCUT2D eigenvalue weighted by molar-refractivity contribution is 6.00. The maximum absolute atomic E-state index is 14.6. The second-order valence-corrected chi connectivity index (χ2v) is 15.9. The number of aryl methyl sites for hydroxylation is 1. The number of likely N-dealkylation sites (N-methyl/N-ethyl adjacent to an activating group) is 1. The number of aliphatic hydroxyl groups is 1. The molecule has 1 N–H and O–H groups in total. The third-order valence-corrected chi connectivity index (χ3v) is 11.8. The molecule has 3 saturated heterocycles. The lowest BCUT2D eigenvalue weighted by molar-refractivity contribution is -0.294. The molecule has 316 valence electrons. The van der Waals surface area contributed by atoms with E-state index >= 15 is 0 Å². The molecule has 0 unspecified atom stereocenters. The molecule has 1 amide bonds. The summed E-state index contributed by atoms with van der Waals surface area (Å²) in [6.45, 7) is 3.28. The van der Waals surface area contributed by atoms with Crippen molar-refractivity contribution >= 4 is 23.6 Å². The highest BCUT2D eigenvalue weighted by Gasteiger charge is 2.59. The highest BCUT2D eigenvalue weighted by Crippen LogP contribution is 2.42. The number of Topliss-reactive ketones (excluding diaryl/α,β-unsaturated/α-hetero) is 2. The lowest BCUT2D eigenvalue weighted by Gasteiger charge is -2.46. The summed E-state index contributed by atoms with van der Waals surface area (Å²) in [6.07, 6.45) is -10.0. The second kappa shape index (κ2) is 18.4. The van der Waals surface area contributed by atoms with Crippen LogP contribution in [0.15, 0.2) is 37.1 Å². The van der Waals surface area contributed by atoms with Crippen molar-refractivity contribution in [2.75, 3.05) is 27.7 Å². The van der Waals surface area contributed by atoms with Gasteiger partial charge in [0.25, 0.3) is 0 Å². The van der Waals surface area contributed by atoms with Crippen LogP contribution in [0, 0.1) is 17.8 Å². The van der Waals surface area contributed by atoms with Crippen LogP contribution in [-0.2, 0) is 44.6 Å². The van der Waals surface area contributed by atoms with Crippen LogP contribution in [0.5, 0.6) is 0 Å². The third-order valence-electron chi connectivity index (χ3n) is 11.8. The molecule has 0 aliphatic carbocycles. The van der Waals surface area contributed by atoms with Crippen LogP contribution in [0.3, 0.4) is 0 Å². The van der Waals surface area contributed by atoms with E-state index in [4.69, 9.17) is 31.9 Å². The van der Waals surface area contributed by atoms with E-state index in [2.05, 4.69) is 9.97 Å². The number of aliphatic hydroxyl groups excluding tert-OH is 1. The number of ether oxygens (including phenoxy) is 5. The van der Waals surface area contributed by atoms with Crippen LogP contribution in [0.1, 0.15) is 97.9 Å². The fourth-order valence-electron chi connectivity index (χ4n) is 8.22. The predicted molar refractivity (Wildman–Crippen MR) is 210 cm³/mol. The molecule has 0 bridgehead atoms. The van der Waals surface area contributed by atoms with Crippen LogP contribution in [0.4, 0.5) is 4.79 Å². The van der Waals surface area contributed by atoms with Gasteiger partial charge in [0.05, 0.1) is 35.9 Å². The van der Waals surface area contributed by atoms with Crippen LogP contribution in [-0.4, -0.2) is 135 Å². The highest BCUT2D eigenvalue weighted by atomic mass is 16.7. The van der Waals surface area contributed by atoms with Crippen molar-refractivity contribution in [2.45, 2.75) is 147 Å². The molecule has 12 atom stereocenters. The summed E-state index contributed by atoms with van der Waals surface area (Å²) in [5.74, 6) is -6.42. The van der Waals surface area contributed by atoms with Crippen molar-refractivity contribution in [3.63, 3.8) is 0 Å². The number of esters is 1. The van der Waals surface area contributed by atoms with Crippen molar-refractivity contribution in [1.82, 2.24) is 24.3 Å². The maximum atomic E-state index is 14.6. The number of rotatable bonds is 11. The SMILES string of the molecule is [2H]C([2H])(N1C(=O)O[C@]2(C)[C@@H](CC)OC(=O)[C@H](C)C(=O)[C@H](C)[C@@H](O[C@@H]3O[C@H](C)C[C@H](N(C)C)[C@H]3O)[C@](C)(OC)CCC(=O)[C@H](C)[C@@H]12)C([2H])([2H])C([2H])([2H])C([2H])([2H])n1cnc(-c2cccnc2)c1. The van der Waals surface area contributed by atoms with Crippen molar-refractivity contribution in [1.29, 1.82) is 0 Å². The number of amides is 1. The van der Waals surface area contributed by atoms with Gasteiger partial charge in [-0.05, 0) is 85.9 Å². The molecule has 5 heterocycles. The summed E-state index contributed by atoms with van der Waals surface area (Å²) in [5.41, 5.74) is -3.04. The summed E-state index contributed by atoms with van der Waals surface area (Å²) < 4.78 is 104. The fourth-order valence-corrected chi connectivity index (χ4v) is 8.22. The Bertz CT molecular complexity index is 2070. The number of methoxy groups -OCH3 is 1. The lowest BCUT2D eigenvalue weighted by atomic mass is 9.76. The molecule has 0 aromatic carbocycles. The van der Waals surface area contributed by atoms with Crippen molar-refractivity contribution in [2.24, 2.45) is 17.8 Å². The zero-order valence-electron chi connectivity index (χ0n) is 42.4. The first-order chi connectivity index (χ1) is 30.0. The van der Waals surface area contributed by atoms with Gasteiger partial charge in [0.2, 0.25) is 0 Å². The average Bonchev–Trinajstić information content (AvgIpc) is 3.86. The number of ketones is 2. The van der Waals surface area contributed by atoms with Gasteiger partial charge in [-0.25, -0.2) is 9.78 Å². The average molecular weight is 806 g/mol. The van der Waals surface area contributed by atoms with Gasteiger partial charge in [-0.2, -0.15) is 0 Å². The number of carbonyl (C=O) groups is 4. The Morgan fingerprint density at radius 1 is 1.09 bits per heavy atom. The number of fused-ring (bicyclic) bond motifs is 1. The van der Waals surface area contributed by atoms with Gasteiger partial charge in [-0.15, -0.1) is 0 Å². The van der Waals surface area contributed by atoms with E-state index in [0.29, 0.717) is 16.6 Å². The van der Waals surface area contributed by atoms with Crippen molar-refractivity contribution in [3.8, 4) is 11.3 Å². The molecule has 2 aromatic rings. The van der Waals surface area contributed by atoms with E-state index < -0.39 is 115 Å². The molecule has 0 radical (unpaired) electrons. The van der Waals surface area contributed by atoms with E-state index in [0.717, 1.165) is 12.5 Å². The van der Waals surface area contributed by atoms with E-state index in [1.54, 1.807) is 40.1 Å². The summed E-state index contributed by atoms with van der Waals surface area (Å²) in [7, 11) is 4.93. The molecule has 15 heteroatoms. The predicted octanol–water partition coefficient (Wildman–Crippen LogP) is 4.68. The number of cyclic esters (lactones) is 1. The topological polar surface area (TPSA) is 172 Å². The van der Waals surface area contributed by atoms with E-state index in [1.807, 2.05) is 11.8 Å². The Morgan fingerprint density at radius 2 is 1.81 bits per heavy atom. The number of carbonyl (C=O) groups excluding carboxylic acids is 4. The van der Waals surface area contributed by atoms with Crippen molar-refractivity contribution in [3.05, 3.63) is 37.1 Å². The second-order valence-electron chi connectivity index (χ2n) is 15.9. The van der Waals surface area contributed by atoms with Gasteiger partial charge in [0.15, 0.2) is 17.7 Å². The van der Waals surface area contributed by atoms with Crippen LogP contribution >= 0.6 is 0 Å². The van der Waals surface area contributed by atoms with Gasteiger partial charge in [0, 0.05) is 79.5 Å². The Hall–Kier alpha value is -3.76. The monoisotopic (exact) mass is 806 g/mol. The van der Waals surface area contributed by atoms with Crippen molar-refractivity contribution < 1.29 is 58.9 Å². The van der Waals surface area contributed by atoms with E-state index in [1.165, 1.54) is 47.2 Å². The number of nitrogens with zero attached hydrogens (tertiary/aromatic N) is 5. The summed E-state index contributed by atoms with van der Waals surface area (Å²) >= 11 is 0. The molecule has 3 aliphatic heterocycles. The molecular weight excluding hydrogens is 734 g/mol. The standard InChI is InChI=1S/C42H63N5O10/c1-11-33-42(7)36(47(40(52)57-42)20-13-12-19-46-23-30(44-24-46)29-15-14-18-43-22-29)26(3)32(48)16-17-41(6,53-10)37(27(4)34(49)28(5)38(51)55-33)56-39-35(50)31(45(8)9)21-25(2)54-39/h14-15,18,22-28,31,33,35-37,39,50H,11-13,16-17,19-21H2,1-10H3/t25-,26+,27+,28-,31+,33-,35-,36-,37-,39+,41-,42-/m1/s1/i12D2,13D2,19D2,20D2. The number of aromatic nitrogens is 3. The molecule has 57 heavy (non-hydrogen) atoms. The van der Waals surface area contributed by atoms with Gasteiger partial charge < -0.3 is 43.2 Å². The number of hydrogen-bond acceptors (Lipinski definition) is 13. The van der Waals surface area contributed by atoms with Gasteiger partial charge in [-0.1, -0.05) is 20.8 Å². The quantitative estimate of drug-likeness (QED) is 0.245. The molecular formula is C42H63N5O10. The molecule has 0 spiro atoms. The Balaban J connectivity index is 1.58. The summed E-state index contributed by atoms with van der Waals surface area (Å²) in [4.78, 5) is 67.5. The lowest BCUT2D eigenvalue weighted by Crippen LogP contribution is -2.59. The zero-order valence-corrected chi connectivity index (χ0v) is 34.4. The van der Waals surface area contributed by atoms with E-state index in [-0.39, 0.29) is 36.0 Å². The fraction of sp³-hybridized carbons (Fsp3) is 0.714. The number of hydrogen-bond donors (Lipinski definition) is 1.